The Labute approximate surface area is 115 Å². The molecule has 1 aromatic carbocycles. The molecular formula is C16H23FN2. The Bertz CT molecular complexity index is 405. The van der Waals surface area contributed by atoms with Crippen LogP contribution in [0.3, 0.4) is 0 Å². The van der Waals surface area contributed by atoms with Crippen LogP contribution in [0.5, 0.6) is 0 Å². The first-order valence-corrected chi connectivity index (χ1v) is 6.98. The normalized spacial score (nSPS) is 17.6. The van der Waals surface area contributed by atoms with Crippen molar-refractivity contribution < 1.29 is 4.39 Å². The lowest BCUT2D eigenvalue weighted by Crippen LogP contribution is -2.42. The van der Waals surface area contributed by atoms with E-state index in [1.165, 1.54) is 30.5 Å². The lowest BCUT2D eigenvalue weighted by molar-refractivity contribution is 0.211. The van der Waals surface area contributed by atoms with Gasteiger partial charge >= 0.3 is 0 Å². The van der Waals surface area contributed by atoms with Gasteiger partial charge in [-0.1, -0.05) is 24.3 Å². The molecule has 0 unspecified atom stereocenters. The van der Waals surface area contributed by atoms with Gasteiger partial charge in [0.1, 0.15) is 5.82 Å². The van der Waals surface area contributed by atoms with Crippen LogP contribution in [-0.4, -0.2) is 30.6 Å². The van der Waals surface area contributed by atoms with Crippen LogP contribution in [0.25, 0.3) is 0 Å². The van der Waals surface area contributed by atoms with Gasteiger partial charge in [-0.25, -0.2) is 4.39 Å². The lowest BCUT2D eigenvalue weighted by atomic mass is 10.0. The minimum absolute atomic E-state index is 0.170. The van der Waals surface area contributed by atoms with Gasteiger partial charge in [0.25, 0.3) is 0 Å². The molecule has 0 saturated carbocycles. The maximum absolute atomic E-state index is 12.8. The molecule has 1 aromatic rings. The summed E-state index contributed by atoms with van der Waals surface area (Å²) in [4.78, 5) is 2.46. The van der Waals surface area contributed by atoms with Crippen LogP contribution in [0.1, 0.15) is 25.3 Å². The van der Waals surface area contributed by atoms with Crippen LogP contribution in [0.2, 0.25) is 0 Å². The Morgan fingerprint density at radius 2 is 1.95 bits per heavy atom. The average molecular weight is 262 g/mol. The van der Waals surface area contributed by atoms with Crippen LogP contribution >= 0.6 is 0 Å². The van der Waals surface area contributed by atoms with Gasteiger partial charge in [0.2, 0.25) is 0 Å². The highest BCUT2D eigenvalue weighted by Crippen LogP contribution is 2.12. The second kappa shape index (κ2) is 6.83. The van der Waals surface area contributed by atoms with Crippen LogP contribution in [0, 0.1) is 5.82 Å². The van der Waals surface area contributed by atoms with Gasteiger partial charge in [-0.2, -0.15) is 0 Å². The summed E-state index contributed by atoms with van der Waals surface area (Å²) in [6.45, 7) is 10.2. The molecule has 1 heterocycles. The highest BCUT2D eigenvalue weighted by Gasteiger charge is 2.18. The molecule has 1 saturated heterocycles. The molecule has 0 aliphatic carbocycles. The van der Waals surface area contributed by atoms with Crippen molar-refractivity contribution in [3.05, 3.63) is 47.8 Å². The van der Waals surface area contributed by atoms with Crippen molar-refractivity contribution in [3.63, 3.8) is 0 Å². The summed E-state index contributed by atoms with van der Waals surface area (Å²) in [5, 5.41) is 3.56. The summed E-state index contributed by atoms with van der Waals surface area (Å²) >= 11 is 0. The molecule has 1 aliphatic heterocycles. The minimum Gasteiger partial charge on any atom is -0.310 e. The molecule has 2 nitrogen and oxygen atoms in total. The highest BCUT2D eigenvalue weighted by atomic mass is 19.1. The van der Waals surface area contributed by atoms with Crippen molar-refractivity contribution in [2.45, 2.75) is 32.4 Å². The first-order chi connectivity index (χ1) is 9.13. The van der Waals surface area contributed by atoms with Crippen molar-refractivity contribution in [2.75, 3.05) is 19.6 Å². The van der Waals surface area contributed by atoms with Gasteiger partial charge in [0, 0.05) is 19.1 Å². The topological polar surface area (TPSA) is 15.3 Å². The van der Waals surface area contributed by atoms with Crippen LogP contribution < -0.4 is 5.32 Å². The van der Waals surface area contributed by atoms with E-state index in [1.807, 2.05) is 12.1 Å². The van der Waals surface area contributed by atoms with E-state index in [2.05, 4.69) is 23.7 Å². The zero-order chi connectivity index (χ0) is 13.7. The van der Waals surface area contributed by atoms with Crippen molar-refractivity contribution in [2.24, 2.45) is 0 Å². The third kappa shape index (κ3) is 4.77. The fourth-order valence-electron chi connectivity index (χ4n) is 2.54. The third-order valence-electron chi connectivity index (χ3n) is 3.59. The summed E-state index contributed by atoms with van der Waals surface area (Å²) < 4.78 is 12.8. The fraction of sp³-hybridized carbons (Fsp3) is 0.500. The van der Waals surface area contributed by atoms with Gasteiger partial charge in [0.15, 0.2) is 0 Å². The number of rotatable bonds is 5. The first kappa shape index (κ1) is 14.2. The third-order valence-corrected chi connectivity index (χ3v) is 3.59. The summed E-state index contributed by atoms with van der Waals surface area (Å²) in [5.41, 5.74) is 2.38. The van der Waals surface area contributed by atoms with Crippen LogP contribution in [-0.2, 0) is 6.54 Å². The molecule has 19 heavy (non-hydrogen) atoms. The van der Waals surface area contributed by atoms with E-state index in [1.54, 1.807) is 0 Å². The minimum atomic E-state index is -0.170. The Morgan fingerprint density at radius 3 is 2.53 bits per heavy atom. The molecule has 0 bridgehead atoms. The Balaban J connectivity index is 1.71. The summed E-state index contributed by atoms with van der Waals surface area (Å²) in [6.07, 6.45) is 2.35. The Kier molecular flexibility index (Phi) is 5.11. The molecule has 1 N–H and O–H groups in total. The number of nitrogens with one attached hydrogen (secondary N) is 1. The molecule has 104 valence electrons. The largest absolute Gasteiger partial charge is 0.310 e. The van der Waals surface area contributed by atoms with Gasteiger partial charge in [-0.05, 0) is 50.6 Å². The monoisotopic (exact) mass is 262 g/mol. The van der Waals surface area contributed by atoms with Gasteiger partial charge in [0.05, 0.1) is 0 Å². The number of benzene rings is 1. The van der Waals surface area contributed by atoms with Crippen molar-refractivity contribution in [3.8, 4) is 0 Å². The number of halogens is 1. The number of piperidine rings is 1. The smallest absolute Gasteiger partial charge is 0.123 e. The fourth-order valence-corrected chi connectivity index (χ4v) is 2.54. The van der Waals surface area contributed by atoms with Crippen molar-refractivity contribution >= 4 is 0 Å². The van der Waals surface area contributed by atoms with Crippen LogP contribution in [0.4, 0.5) is 4.39 Å². The molecule has 0 amide bonds. The molecule has 3 heteroatoms. The zero-order valence-electron chi connectivity index (χ0n) is 11.7. The molecule has 0 spiro atoms. The van der Waals surface area contributed by atoms with Gasteiger partial charge in [-0.3, -0.25) is 4.90 Å². The number of hydrogen-bond donors (Lipinski definition) is 1. The van der Waals surface area contributed by atoms with E-state index in [9.17, 15) is 4.39 Å². The van der Waals surface area contributed by atoms with E-state index in [0.717, 1.165) is 31.7 Å². The predicted molar refractivity (Wildman–Crippen MR) is 77.5 cm³/mol. The molecule has 0 atom stereocenters. The van der Waals surface area contributed by atoms with E-state index in [-0.39, 0.29) is 5.82 Å². The van der Waals surface area contributed by atoms with Crippen molar-refractivity contribution in [1.29, 1.82) is 0 Å². The zero-order valence-corrected chi connectivity index (χ0v) is 11.7. The molecule has 1 aliphatic rings. The second-order valence-corrected chi connectivity index (χ2v) is 5.51. The Morgan fingerprint density at radius 1 is 1.32 bits per heavy atom. The molecular weight excluding hydrogens is 239 g/mol. The number of likely N-dealkylation sites (tertiary alicyclic amines) is 1. The lowest BCUT2D eigenvalue weighted by Gasteiger charge is -2.32. The summed E-state index contributed by atoms with van der Waals surface area (Å²) in [6, 6.07) is 7.31. The summed E-state index contributed by atoms with van der Waals surface area (Å²) in [7, 11) is 0. The second-order valence-electron chi connectivity index (χ2n) is 5.51. The van der Waals surface area contributed by atoms with E-state index < -0.39 is 0 Å². The SMILES string of the molecule is C=C(C)CN1CCC(NCc2ccc(F)cc2)CC1. The van der Waals surface area contributed by atoms with E-state index in [4.69, 9.17) is 0 Å². The maximum atomic E-state index is 12.8. The molecule has 2 rings (SSSR count). The standard InChI is InChI=1S/C16H23FN2/c1-13(2)12-19-9-7-16(8-10-19)18-11-14-3-5-15(17)6-4-14/h3-6,16,18H,1,7-12H2,2H3. The quantitative estimate of drug-likeness (QED) is 0.821. The Hall–Kier alpha value is -1.19. The highest BCUT2D eigenvalue weighted by molar-refractivity contribution is 5.15. The number of hydrogen-bond acceptors (Lipinski definition) is 2. The van der Waals surface area contributed by atoms with Gasteiger partial charge < -0.3 is 5.32 Å². The summed E-state index contributed by atoms with van der Waals surface area (Å²) in [5.74, 6) is -0.170. The van der Waals surface area contributed by atoms with Crippen LogP contribution in [0.15, 0.2) is 36.4 Å². The first-order valence-electron chi connectivity index (χ1n) is 6.98. The molecule has 0 aromatic heterocycles. The van der Waals surface area contributed by atoms with Gasteiger partial charge in [-0.15, -0.1) is 0 Å². The average Bonchev–Trinajstić information content (AvgIpc) is 2.39. The van der Waals surface area contributed by atoms with E-state index >= 15 is 0 Å². The molecule has 1 fully saturated rings. The predicted octanol–water partition coefficient (Wildman–Crippen LogP) is 2.96. The molecule has 0 radical (unpaired) electrons. The van der Waals surface area contributed by atoms with Crippen molar-refractivity contribution in [1.82, 2.24) is 10.2 Å². The van der Waals surface area contributed by atoms with E-state index in [0.29, 0.717) is 6.04 Å². The maximum Gasteiger partial charge on any atom is 0.123 e. The number of nitrogens with zero attached hydrogens (tertiary/aromatic N) is 1.